The average molecular weight is 278 g/mol. The maximum absolute atomic E-state index is 11.3. The standard InChI is InChI=1S/C13H26O4S/c1-3-17-13-9-11(10-13)8-12(14)6-5-7-18(15,16)4-2/h11-14H,3-10H2,1-2H3. The number of aliphatic hydroxyl groups excluding tert-OH is 1. The van der Waals surface area contributed by atoms with Crippen molar-refractivity contribution in [2.75, 3.05) is 18.1 Å². The van der Waals surface area contributed by atoms with Gasteiger partial charge in [0.25, 0.3) is 0 Å². The van der Waals surface area contributed by atoms with E-state index in [1.807, 2.05) is 6.92 Å². The summed E-state index contributed by atoms with van der Waals surface area (Å²) < 4.78 is 28.0. The third kappa shape index (κ3) is 5.67. The minimum absolute atomic E-state index is 0.196. The molecule has 1 aliphatic rings. The Morgan fingerprint density at radius 2 is 2.00 bits per heavy atom. The van der Waals surface area contributed by atoms with Crippen molar-refractivity contribution in [1.82, 2.24) is 0 Å². The van der Waals surface area contributed by atoms with Crippen LogP contribution in [0, 0.1) is 5.92 Å². The Balaban J connectivity index is 2.07. The van der Waals surface area contributed by atoms with E-state index in [4.69, 9.17) is 4.74 Å². The van der Waals surface area contributed by atoms with Crippen molar-refractivity contribution in [3.63, 3.8) is 0 Å². The van der Waals surface area contributed by atoms with Gasteiger partial charge < -0.3 is 9.84 Å². The van der Waals surface area contributed by atoms with Crippen LogP contribution in [0.15, 0.2) is 0 Å². The quantitative estimate of drug-likeness (QED) is 0.698. The molecule has 0 heterocycles. The molecule has 1 N–H and O–H groups in total. The summed E-state index contributed by atoms with van der Waals surface area (Å²) in [4.78, 5) is 0. The largest absolute Gasteiger partial charge is 0.393 e. The molecule has 5 heteroatoms. The van der Waals surface area contributed by atoms with Gasteiger partial charge in [-0.05, 0) is 44.9 Å². The summed E-state index contributed by atoms with van der Waals surface area (Å²) in [7, 11) is -2.88. The van der Waals surface area contributed by atoms with E-state index < -0.39 is 9.84 Å². The van der Waals surface area contributed by atoms with Gasteiger partial charge in [0.05, 0.1) is 18.0 Å². The highest BCUT2D eigenvalue weighted by Gasteiger charge is 2.30. The van der Waals surface area contributed by atoms with Crippen molar-refractivity contribution >= 4 is 9.84 Å². The van der Waals surface area contributed by atoms with E-state index in [1.54, 1.807) is 6.92 Å². The molecule has 0 bridgehead atoms. The van der Waals surface area contributed by atoms with Crippen molar-refractivity contribution in [2.24, 2.45) is 5.92 Å². The molecular formula is C13H26O4S. The third-order valence-corrected chi connectivity index (χ3v) is 5.42. The maximum Gasteiger partial charge on any atom is 0.150 e. The van der Waals surface area contributed by atoms with Gasteiger partial charge in [-0.1, -0.05) is 6.92 Å². The molecule has 108 valence electrons. The lowest BCUT2D eigenvalue weighted by molar-refractivity contribution is -0.0383. The molecule has 1 unspecified atom stereocenters. The first-order chi connectivity index (χ1) is 8.46. The van der Waals surface area contributed by atoms with E-state index in [0.29, 0.717) is 24.9 Å². The smallest absolute Gasteiger partial charge is 0.150 e. The molecule has 4 nitrogen and oxygen atoms in total. The van der Waals surface area contributed by atoms with Crippen LogP contribution >= 0.6 is 0 Å². The van der Waals surface area contributed by atoms with E-state index in [0.717, 1.165) is 25.9 Å². The Labute approximate surface area is 111 Å². The maximum atomic E-state index is 11.3. The zero-order chi connectivity index (χ0) is 13.6. The predicted molar refractivity (Wildman–Crippen MR) is 72.3 cm³/mol. The molecule has 0 aromatic heterocycles. The molecule has 1 atom stereocenters. The van der Waals surface area contributed by atoms with Gasteiger partial charge >= 0.3 is 0 Å². The number of ether oxygens (including phenoxy) is 1. The highest BCUT2D eigenvalue weighted by Crippen LogP contribution is 2.34. The fourth-order valence-corrected chi connectivity index (χ4v) is 3.32. The molecule has 0 aromatic carbocycles. The number of aliphatic hydroxyl groups is 1. The summed E-state index contributed by atoms with van der Waals surface area (Å²) in [6.07, 6.45) is 4.05. The zero-order valence-electron chi connectivity index (χ0n) is 11.5. The molecule has 0 radical (unpaired) electrons. The lowest BCUT2D eigenvalue weighted by Crippen LogP contribution is -2.33. The van der Waals surface area contributed by atoms with Crippen LogP contribution in [-0.2, 0) is 14.6 Å². The van der Waals surface area contributed by atoms with Gasteiger partial charge in [0.2, 0.25) is 0 Å². The first-order valence-corrected chi connectivity index (χ1v) is 8.79. The summed E-state index contributed by atoms with van der Waals surface area (Å²) in [6.45, 7) is 4.42. The summed E-state index contributed by atoms with van der Waals surface area (Å²) in [5.74, 6) is 0.952. The Morgan fingerprint density at radius 1 is 1.33 bits per heavy atom. The fourth-order valence-electron chi connectivity index (χ4n) is 2.42. The molecule has 0 spiro atoms. The lowest BCUT2D eigenvalue weighted by Gasteiger charge is -2.36. The van der Waals surface area contributed by atoms with E-state index in [1.165, 1.54) is 0 Å². The normalized spacial score (nSPS) is 25.7. The summed E-state index contributed by atoms with van der Waals surface area (Å²) in [6, 6.07) is 0. The van der Waals surface area contributed by atoms with Crippen LogP contribution < -0.4 is 0 Å². The van der Waals surface area contributed by atoms with Gasteiger partial charge in [-0.2, -0.15) is 0 Å². The molecule has 18 heavy (non-hydrogen) atoms. The van der Waals surface area contributed by atoms with Crippen LogP contribution in [-0.4, -0.2) is 43.8 Å². The molecule has 1 aliphatic carbocycles. The van der Waals surface area contributed by atoms with Crippen LogP contribution in [0.25, 0.3) is 0 Å². The third-order valence-electron chi connectivity index (χ3n) is 3.63. The van der Waals surface area contributed by atoms with Gasteiger partial charge in [0, 0.05) is 12.4 Å². The Morgan fingerprint density at radius 3 is 2.56 bits per heavy atom. The van der Waals surface area contributed by atoms with Crippen LogP contribution in [0.4, 0.5) is 0 Å². The van der Waals surface area contributed by atoms with Crippen LogP contribution in [0.3, 0.4) is 0 Å². The van der Waals surface area contributed by atoms with Crippen molar-refractivity contribution in [1.29, 1.82) is 0 Å². The van der Waals surface area contributed by atoms with E-state index in [-0.39, 0.29) is 17.6 Å². The molecule has 1 rings (SSSR count). The molecule has 1 fully saturated rings. The van der Waals surface area contributed by atoms with Crippen LogP contribution in [0.5, 0.6) is 0 Å². The highest BCUT2D eigenvalue weighted by atomic mass is 32.2. The van der Waals surface area contributed by atoms with Crippen LogP contribution in [0.2, 0.25) is 0 Å². The number of rotatable bonds is 9. The first-order valence-electron chi connectivity index (χ1n) is 6.97. The monoisotopic (exact) mass is 278 g/mol. The average Bonchev–Trinajstić information content (AvgIpc) is 2.26. The highest BCUT2D eigenvalue weighted by molar-refractivity contribution is 7.91. The predicted octanol–water partition coefficient (Wildman–Crippen LogP) is 1.77. The van der Waals surface area contributed by atoms with Crippen molar-refractivity contribution in [3.05, 3.63) is 0 Å². The fraction of sp³-hybridized carbons (Fsp3) is 1.00. The minimum Gasteiger partial charge on any atom is -0.393 e. The molecule has 0 aliphatic heterocycles. The van der Waals surface area contributed by atoms with E-state index >= 15 is 0 Å². The second-order valence-corrected chi connectivity index (χ2v) is 7.66. The second-order valence-electron chi connectivity index (χ2n) is 5.18. The zero-order valence-corrected chi connectivity index (χ0v) is 12.3. The number of sulfone groups is 1. The molecule has 1 saturated carbocycles. The van der Waals surface area contributed by atoms with Gasteiger partial charge in [0.15, 0.2) is 0 Å². The summed E-state index contributed by atoms with van der Waals surface area (Å²) in [5.41, 5.74) is 0. The van der Waals surface area contributed by atoms with Crippen molar-refractivity contribution < 1.29 is 18.3 Å². The van der Waals surface area contributed by atoms with Gasteiger partial charge in [-0.15, -0.1) is 0 Å². The molecule has 0 saturated heterocycles. The SMILES string of the molecule is CCOC1CC(CC(O)CCCS(=O)(=O)CC)C1. The summed E-state index contributed by atoms with van der Waals surface area (Å²) >= 11 is 0. The number of hydrogen-bond acceptors (Lipinski definition) is 4. The van der Waals surface area contributed by atoms with E-state index in [2.05, 4.69) is 0 Å². The topological polar surface area (TPSA) is 63.6 Å². The van der Waals surface area contributed by atoms with Gasteiger partial charge in [-0.25, -0.2) is 8.42 Å². The Kier molecular flexibility index (Phi) is 6.60. The van der Waals surface area contributed by atoms with Crippen LogP contribution in [0.1, 0.15) is 46.0 Å². The molecular weight excluding hydrogens is 252 g/mol. The first kappa shape index (κ1) is 15.9. The van der Waals surface area contributed by atoms with Crippen molar-refractivity contribution in [2.45, 2.75) is 58.2 Å². The minimum atomic E-state index is -2.88. The lowest BCUT2D eigenvalue weighted by atomic mass is 9.78. The van der Waals surface area contributed by atoms with Gasteiger partial charge in [-0.3, -0.25) is 0 Å². The Bertz CT molecular complexity index is 320. The van der Waals surface area contributed by atoms with Crippen molar-refractivity contribution in [3.8, 4) is 0 Å². The molecule has 0 aromatic rings. The number of hydrogen-bond donors (Lipinski definition) is 1. The Hall–Kier alpha value is -0.130. The van der Waals surface area contributed by atoms with E-state index in [9.17, 15) is 13.5 Å². The second kappa shape index (κ2) is 7.46. The van der Waals surface area contributed by atoms with Gasteiger partial charge in [0.1, 0.15) is 9.84 Å². The molecule has 0 amide bonds. The summed E-state index contributed by atoms with van der Waals surface area (Å²) in [5, 5.41) is 9.83.